The van der Waals surface area contributed by atoms with Crippen LogP contribution in [-0.2, 0) is 9.53 Å². The van der Waals surface area contributed by atoms with Gasteiger partial charge in [-0.1, -0.05) is 29.8 Å². The molecule has 104 valence electrons. The molecule has 1 aliphatic rings. The molecule has 2 atom stereocenters. The summed E-state index contributed by atoms with van der Waals surface area (Å²) in [4.78, 5) is 14.0. The van der Waals surface area contributed by atoms with Crippen LogP contribution in [0.1, 0.15) is 18.5 Å². The quantitative estimate of drug-likeness (QED) is 0.920. The highest BCUT2D eigenvalue weighted by Gasteiger charge is 2.28. The minimum Gasteiger partial charge on any atom is -0.366 e. The third-order valence-corrected chi connectivity index (χ3v) is 3.83. The number of nitrogens with one attached hydrogen (secondary N) is 1. The molecule has 5 heteroatoms. The van der Waals surface area contributed by atoms with Crippen molar-refractivity contribution >= 4 is 17.5 Å². The molecule has 1 heterocycles. The fourth-order valence-electron chi connectivity index (χ4n) is 2.16. The number of nitrogens with zero attached hydrogens (tertiary/aromatic N) is 1. The lowest BCUT2D eigenvalue weighted by atomic mass is 10.1. The molecule has 0 bridgehead atoms. The van der Waals surface area contributed by atoms with Gasteiger partial charge in [0.1, 0.15) is 6.10 Å². The van der Waals surface area contributed by atoms with Gasteiger partial charge >= 0.3 is 0 Å². The predicted octanol–water partition coefficient (Wildman–Crippen LogP) is 1.85. The van der Waals surface area contributed by atoms with Crippen molar-refractivity contribution in [2.24, 2.45) is 0 Å². The molecule has 1 aliphatic heterocycles. The van der Waals surface area contributed by atoms with Gasteiger partial charge in [-0.05, 0) is 18.6 Å². The monoisotopic (exact) mass is 282 g/mol. The number of halogens is 1. The highest BCUT2D eigenvalue weighted by molar-refractivity contribution is 6.31. The Morgan fingerprint density at radius 2 is 2.26 bits per heavy atom. The minimum absolute atomic E-state index is 0.0142. The van der Waals surface area contributed by atoms with Crippen molar-refractivity contribution in [3.8, 4) is 0 Å². The van der Waals surface area contributed by atoms with E-state index in [-0.39, 0.29) is 11.9 Å². The standard InChI is InChI=1S/C14H19ClN2O2/c1-10(11-5-3-4-6-12(11)15)17(2)14(18)13-9-16-7-8-19-13/h3-6,10,13,16H,7-9H2,1-2H3/t10-,13-/m0/s1. The maximum absolute atomic E-state index is 12.3. The minimum atomic E-state index is -0.399. The molecule has 2 rings (SSSR count). The van der Waals surface area contributed by atoms with Crippen LogP contribution >= 0.6 is 11.6 Å². The largest absolute Gasteiger partial charge is 0.366 e. The number of carbonyl (C=O) groups is 1. The van der Waals surface area contributed by atoms with Crippen LogP contribution in [0.25, 0.3) is 0 Å². The lowest BCUT2D eigenvalue weighted by Gasteiger charge is -2.31. The lowest BCUT2D eigenvalue weighted by molar-refractivity contribution is -0.145. The van der Waals surface area contributed by atoms with Crippen molar-refractivity contribution in [1.82, 2.24) is 10.2 Å². The number of carbonyl (C=O) groups excluding carboxylic acids is 1. The van der Waals surface area contributed by atoms with Crippen LogP contribution in [0, 0.1) is 0 Å². The molecule has 1 fully saturated rings. The Bertz CT molecular complexity index is 447. The van der Waals surface area contributed by atoms with E-state index in [1.54, 1.807) is 11.9 Å². The first-order valence-electron chi connectivity index (χ1n) is 6.44. The van der Waals surface area contributed by atoms with Crippen LogP contribution in [0.15, 0.2) is 24.3 Å². The second kappa shape index (κ2) is 6.37. The Morgan fingerprint density at radius 1 is 1.53 bits per heavy atom. The van der Waals surface area contributed by atoms with E-state index in [9.17, 15) is 4.79 Å². The van der Waals surface area contributed by atoms with Crippen molar-refractivity contribution in [2.75, 3.05) is 26.7 Å². The Morgan fingerprint density at radius 3 is 2.89 bits per heavy atom. The van der Waals surface area contributed by atoms with Crippen molar-refractivity contribution < 1.29 is 9.53 Å². The molecule has 4 nitrogen and oxygen atoms in total. The lowest BCUT2D eigenvalue weighted by Crippen LogP contribution is -2.48. The number of amides is 1. The third kappa shape index (κ3) is 3.26. The van der Waals surface area contributed by atoms with Gasteiger partial charge in [0.2, 0.25) is 0 Å². The SMILES string of the molecule is C[C@@H](c1ccccc1Cl)N(C)C(=O)[C@@H]1CNCCO1. The summed E-state index contributed by atoms with van der Waals surface area (Å²) in [6.07, 6.45) is -0.399. The molecule has 1 amide bonds. The van der Waals surface area contributed by atoms with E-state index in [0.29, 0.717) is 18.2 Å². The summed E-state index contributed by atoms with van der Waals surface area (Å²) in [5.74, 6) is -0.0142. The van der Waals surface area contributed by atoms with Gasteiger partial charge < -0.3 is 15.0 Å². The van der Waals surface area contributed by atoms with Crippen molar-refractivity contribution in [2.45, 2.75) is 19.1 Å². The van der Waals surface area contributed by atoms with Gasteiger partial charge in [-0.15, -0.1) is 0 Å². The van der Waals surface area contributed by atoms with E-state index in [1.165, 1.54) is 0 Å². The molecule has 0 saturated carbocycles. The van der Waals surface area contributed by atoms with E-state index in [1.807, 2.05) is 31.2 Å². The van der Waals surface area contributed by atoms with Gasteiger partial charge in [0.25, 0.3) is 5.91 Å². The van der Waals surface area contributed by atoms with E-state index in [4.69, 9.17) is 16.3 Å². The topological polar surface area (TPSA) is 41.6 Å². The first-order valence-corrected chi connectivity index (χ1v) is 6.82. The summed E-state index contributed by atoms with van der Waals surface area (Å²) < 4.78 is 5.49. The number of rotatable bonds is 3. The van der Waals surface area contributed by atoms with E-state index in [2.05, 4.69) is 5.32 Å². The van der Waals surface area contributed by atoms with Crippen LogP contribution < -0.4 is 5.32 Å². The molecule has 1 aromatic carbocycles. The van der Waals surface area contributed by atoms with Gasteiger partial charge in [-0.2, -0.15) is 0 Å². The van der Waals surface area contributed by atoms with Crippen LogP contribution in [0.4, 0.5) is 0 Å². The molecule has 1 saturated heterocycles. The van der Waals surface area contributed by atoms with Gasteiger partial charge in [0, 0.05) is 25.2 Å². The number of morpholine rings is 1. The van der Waals surface area contributed by atoms with Crippen molar-refractivity contribution in [3.05, 3.63) is 34.9 Å². The third-order valence-electron chi connectivity index (χ3n) is 3.49. The number of ether oxygens (including phenoxy) is 1. The first-order chi connectivity index (χ1) is 9.11. The molecule has 1 N–H and O–H groups in total. The zero-order chi connectivity index (χ0) is 13.8. The van der Waals surface area contributed by atoms with Crippen LogP contribution in [0.5, 0.6) is 0 Å². The average molecular weight is 283 g/mol. The molecule has 0 aromatic heterocycles. The maximum Gasteiger partial charge on any atom is 0.253 e. The molecular weight excluding hydrogens is 264 g/mol. The zero-order valence-corrected chi connectivity index (χ0v) is 12.0. The normalized spacial score (nSPS) is 20.9. The molecular formula is C14H19ClN2O2. The smallest absolute Gasteiger partial charge is 0.253 e. The average Bonchev–Trinajstić information content (AvgIpc) is 2.46. The predicted molar refractivity (Wildman–Crippen MR) is 75.2 cm³/mol. The summed E-state index contributed by atoms with van der Waals surface area (Å²) in [5, 5.41) is 3.84. The Kier molecular flexibility index (Phi) is 4.80. The van der Waals surface area contributed by atoms with Crippen LogP contribution in [-0.4, -0.2) is 43.7 Å². The van der Waals surface area contributed by atoms with Crippen LogP contribution in [0.2, 0.25) is 5.02 Å². The first kappa shape index (κ1) is 14.3. The Labute approximate surface area is 118 Å². The fraction of sp³-hybridized carbons (Fsp3) is 0.500. The fourth-order valence-corrected chi connectivity index (χ4v) is 2.46. The van der Waals surface area contributed by atoms with Crippen LogP contribution in [0.3, 0.4) is 0 Å². The van der Waals surface area contributed by atoms with Crippen molar-refractivity contribution in [1.29, 1.82) is 0 Å². The van der Waals surface area contributed by atoms with E-state index in [0.717, 1.165) is 12.1 Å². The molecule has 0 radical (unpaired) electrons. The molecule has 1 aromatic rings. The molecule has 0 aliphatic carbocycles. The van der Waals surface area contributed by atoms with E-state index < -0.39 is 6.10 Å². The Hall–Kier alpha value is -1.10. The summed E-state index contributed by atoms with van der Waals surface area (Å²) >= 11 is 6.17. The summed E-state index contributed by atoms with van der Waals surface area (Å²) in [7, 11) is 1.79. The number of benzene rings is 1. The molecule has 0 spiro atoms. The zero-order valence-electron chi connectivity index (χ0n) is 11.2. The highest BCUT2D eigenvalue weighted by atomic mass is 35.5. The second-order valence-electron chi connectivity index (χ2n) is 4.71. The molecule has 0 unspecified atom stereocenters. The van der Waals surface area contributed by atoms with Gasteiger partial charge in [-0.25, -0.2) is 0 Å². The number of hydrogen-bond acceptors (Lipinski definition) is 3. The highest BCUT2D eigenvalue weighted by Crippen LogP contribution is 2.26. The van der Waals surface area contributed by atoms with E-state index >= 15 is 0 Å². The number of hydrogen-bond donors (Lipinski definition) is 1. The van der Waals surface area contributed by atoms with Gasteiger partial charge in [0.05, 0.1) is 12.6 Å². The second-order valence-corrected chi connectivity index (χ2v) is 5.12. The summed E-state index contributed by atoms with van der Waals surface area (Å²) in [6.45, 7) is 3.91. The van der Waals surface area contributed by atoms with Crippen molar-refractivity contribution in [3.63, 3.8) is 0 Å². The van der Waals surface area contributed by atoms with Gasteiger partial charge in [0.15, 0.2) is 0 Å². The molecule has 19 heavy (non-hydrogen) atoms. The summed E-state index contributed by atoms with van der Waals surface area (Å²) in [5.41, 5.74) is 0.948. The number of likely N-dealkylation sites (N-methyl/N-ethyl adjacent to an activating group) is 1. The maximum atomic E-state index is 12.3. The Balaban J connectivity index is 2.08. The van der Waals surface area contributed by atoms with Gasteiger partial charge in [-0.3, -0.25) is 4.79 Å². The summed E-state index contributed by atoms with van der Waals surface area (Å²) in [6, 6.07) is 7.51.